The molecule has 90 valence electrons. The van der Waals surface area contributed by atoms with E-state index in [0.29, 0.717) is 11.8 Å². The molecule has 0 amide bonds. The second kappa shape index (κ2) is 6.71. The highest BCUT2D eigenvalue weighted by Gasteiger charge is 2.07. The smallest absolute Gasteiger partial charge is 0.328 e. The lowest BCUT2D eigenvalue weighted by Crippen LogP contribution is -2.04. The van der Waals surface area contributed by atoms with Gasteiger partial charge >= 0.3 is 5.97 Å². The summed E-state index contributed by atoms with van der Waals surface area (Å²) in [6.07, 6.45) is 2.88. The minimum Gasteiger partial charge on any atom is -0.478 e. The van der Waals surface area contributed by atoms with E-state index in [4.69, 9.17) is 5.11 Å². The number of alkyl halides is 1. The molecular weight excluding hydrogens is 352 g/mol. The topological polar surface area (TPSA) is 54.4 Å². The van der Waals surface area contributed by atoms with E-state index in [0.717, 1.165) is 21.7 Å². The van der Waals surface area contributed by atoms with Gasteiger partial charge in [0.05, 0.1) is 5.33 Å². The molecule has 0 spiro atoms. The Morgan fingerprint density at radius 3 is 2.65 bits per heavy atom. The van der Waals surface area contributed by atoms with Gasteiger partial charge in [-0.2, -0.15) is 0 Å². The lowest BCUT2D eigenvalue weighted by molar-refractivity contribution is -0.131. The number of rotatable bonds is 5. The third-order valence-electron chi connectivity index (χ3n) is 2.05. The predicted octanol–water partition coefficient (Wildman–Crippen LogP) is 3.05. The van der Waals surface area contributed by atoms with Crippen molar-refractivity contribution in [2.75, 3.05) is 5.33 Å². The van der Waals surface area contributed by atoms with Gasteiger partial charge in [-0.3, -0.25) is 4.79 Å². The van der Waals surface area contributed by atoms with Crippen molar-refractivity contribution in [3.05, 3.63) is 39.9 Å². The Labute approximate surface area is 116 Å². The fourth-order valence-electron chi connectivity index (χ4n) is 1.29. The summed E-state index contributed by atoms with van der Waals surface area (Å²) >= 11 is 6.49. The molecule has 5 heteroatoms. The van der Waals surface area contributed by atoms with Crippen molar-refractivity contribution in [3.63, 3.8) is 0 Å². The zero-order chi connectivity index (χ0) is 12.8. The summed E-state index contributed by atoms with van der Waals surface area (Å²) < 4.78 is 0.756. The molecule has 0 saturated carbocycles. The molecule has 0 radical (unpaired) electrons. The number of carboxylic acids is 1. The average Bonchev–Trinajstić information content (AvgIpc) is 2.30. The van der Waals surface area contributed by atoms with E-state index in [1.807, 2.05) is 6.07 Å². The monoisotopic (exact) mass is 360 g/mol. The Hall–Kier alpha value is -0.940. The van der Waals surface area contributed by atoms with Gasteiger partial charge < -0.3 is 5.11 Å². The Morgan fingerprint density at radius 1 is 1.35 bits per heavy atom. The van der Waals surface area contributed by atoms with Crippen LogP contribution in [0.2, 0.25) is 0 Å². The highest BCUT2D eigenvalue weighted by molar-refractivity contribution is 9.10. The summed E-state index contributed by atoms with van der Waals surface area (Å²) in [5.74, 6) is -0.927. The van der Waals surface area contributed by atoms with Crippen molar-refractivity contribution in [1.82, 2.24) is 0 Å². The molecule has 0 atom stereocenters. The van der Waals surface area contributed by atoms with Gasteiger partial charge in [-0.15, -0.1) is 0 Å². The number of Topliss-reactive ketones (excluding diaryl/α,β-unsaturated/α-hetero) is 1. The molecule has 0 aliphatic carbocycles. The third-order valence-corrected chi connectivity index (χ3v) is 3.64. The first-order valence-corrected chi connectivity index (χ1v) is 6.72. The third kappa shape index (κ3) is 4.44. The van der Waals surface area contributed by atoms with Crippen LogP contribution < -0.4 is 0 Å². The lowest BCUT2D eigenvalue weighted by Gasteiger charge is -2.05. The zero-order valence-corrected chi connectivity index (χ0v) is 12.0. The van der Waals surface area contributed by atoms with Crippen LogP contribution in [0.5, 0.6) is 0 Å². The molecule has 17 heavy (non-hydrogen) atoms. The first kappa shape index (κ1) is 14.1. The molecule has 0 aliphatic rings. The fraction of sp³-hybridized carbons (Fsp3) is 0.167. The predicted molar refractivity (Wildman–Crippen MR) is 73.3 cm³/mol. The lowest BCUT2D eigenvalue weighted by atomic mass is 10.1. The van der Waals surface area contributed by atoms with Gasteiger partial charge in [0.25, 0.3) is 0 Å². The van der Waals surface area contributed by atoms with Crippen LogP contribution in [-0.4, -0.2) is 22.2 Å². The van der Waals surface area contributed by atoms with Crippen LogP contribution in [0.3, 0.4) is 0 Å². The minimum atomic E-state index is -1.00. The van der Waals surface area contributed by atoms with Gasteiger partial charge in [0.15, 0.2) is 0 Å². The molecule has 3 nitrogen and oxygen atoms in total. The maximum Gasteiger partial charge on any atom is 0.328 e. The first-order valence-electron chi connectivity index (χ1n) is 4.80. The number of carbonyl (C=O) groups is 2. The number of aliphatic carboxylic acids is 1. The van der Waals surface area contributed by atoms with Gasteiger partial charge in [0.1, 0.15) is 5.78 Å². The molecule has 0 saturated heterocycles. The van der Waals surface area contributed by atoms with Crippen LogP contribution in [0.1, 0.15) is 11.1 Å². The standard InChI is InChI=1S/C12H10Br2O3/c13-7-10(15)6-9-3-1-2-8(12(9)14)4-5-11(16)17/h1-5H,6-7H2,(H,16,17)/b5-4+. The minimum absolute atomic E-state index is 0.0741. The molecule has 0 heterocycles. The second-order valence-corrected chi connectivity index (χ2v) is 4.69. The Balaban J connectivity index is 2.98. The van der Waals surface area contributed by atoms with Gasteiger partial charge in [-0.05, 0) is 33.1 Å². The SMILES string of the molecule is O=C(O)/C=C/c1cccc(CC(=O)CBr)c1Br. The molecule has 1 rings (SSSR count). The van der Waals surface area contributed by atoms with Crippen molar-refractivity contribution in [2.45, 2.75) is 6.42 Å². The molecule has 0 aliphatic heterocycles. The summed E-state index contributed by atoms with van der Waals surface area (Å²) in [6, 6.07) is 5.41. The average molecular weight is 362 g/mol. The van der Waals surface area contributed by atoms with Gasteiger partial charge in [-0.1, -0.05) is 34.1 Å². The summed E-state index contributed by atoms with van der Waals surface area (Å²) in [5, 5.41) is 8.87. The van der Waals surface area contributed by atoms with Crippen LogP contribution in [0, 0.1) is 0 Å². The van der Waals surface area contributed by atoms with Crippen molar-refractivity contribution < 1.29 is 14.7 Å². The zero-order valence-electron chi connectivity index (χ0n) is 8.82. The molecule has 0 unspecified atom stereocenters. The number of carboxylic acid groups (broad SMARTS) is 1. The van der Waals surface area contributed by atoms with Crippen LogP contribution in [0.15, 0.2) is 28.7 Å². The number of halogens is 2. The van der Waals surface area contributed by atoms with E-state index < -0.39 is 5.97 Å². The van der Waals surface area contributed by atoms with Crippen LogP contribution in [0.25, 0.3) is 6.08 Å². The maximum atomic E-state index is 11.3. The van der Waals surface area contributed by atoms with Crippen molar-refractivity contribution in [3.8, 4) is 0 Å². The molecule has 1 aromatic rings. The van der Waals surface area contributed by atoms with Crippen LogP contribution in [-0.2, 0) is 16.0 Å². The Bertz CT molecular complexity index is 467. The normalized spacial score (nSPS) is 10.7. The van der Waals surface area contributed by atoms with Gasteiger partial charge in [-0.25, -0.2) is 4.79 Å². The molecular formula is C12H10Br2O3. The highest BCUT2D eigenvalue weighted by Crippen LogP contribution is 2.23. The summed E-state index contributed by atoms with van der Waals surface area (Å²) in [7, 11) is 0. The second-order valence-electron chi connectivity index (χ2n) is 3.34. The maximum absolute atomic E-state index is 11.3. The number of hydrogen-bond acceptors (Lipinski definition) is 2. The van der Waals surface area contributed by atoms with E-state index in [2.05, 4.69) is 31.9 Å². The number of ketones is 1. The highest BCUT2D eigenvalue weighted by atomic mass is 79.9. The van der Waals surface area contributed by atoms with Crippen LogP contribution in [0.4, 0.5) is 0 Å². The Morgan fingerprint density at radius 2 is 2.06 bits per heavy atom. The van der Waals surface area contributed by atoms with E-state index in [9.17, 15) is 9.59 Å². The first-order chi connectivity index (χ1) is 8.04. The van der Waals surface area contributed by atoms with Crippen molar-refractivity contribution in [1.29, 1.82) is 0 Å². The number of hydrogen-bond donors (Lipinski definition) is 1. The molecule has 0 bridgehead atoms. The molecule has 1 aromatic carbocycles. The van der Waals surface area contributed by atoms with Gasteiger partial charge in [0.2, 0.25) is 0 Å². The van der Waals surface area contributed by atoms with Gasteiger partial charge in [0, 0.05) is 17.0 Å². The number of carbonyl (C=O) groups excluding carboxylic acids is 1. The van der Waals surface area contributed by atoms with E-state index in [1.165, 1.54) is 6.08 Å². The van der Waals surface area contributed by atoms with Crippen LogP contribution >= 0.6 is 31.9 Å². The molecule has 0 aromatic heterocycles. The van der Waals surface area contributed by atoms with Crippen molar-refractivity contribution >= 4 is 49.7 Å². The van der Waals surface area contributed by atoms with E-state index in [-0.39, 0.29) is 5.78 Å². The fourth-order valence-corrected chi connectivity index (χ4v) is 2.02. The number of benzene rings is 1. The largest absolute Gasteiger partial charge is 0.478 e. The van der Waals surface area contributed by atoms with E-state index >= 15 is 0 Å². The van der Waals surface area contributed by atoms with Crippen molar-refractivity contribution in [2.24, 2.45) is 0 Å². The quantitative estimate of drug-likeness (QED) is 0.647. The summed E-state index contributed by atoms with van der Waals surface area (Å²) in [4.78, 5) is 21.8. The molecule has 0 fully saturated rings. The summed E-state index contributed by atoms with van der Waals surface area (Å²) in [6.45, 7) is 0. The summed E-state index contributed by atoms with van der Waals surface area (Å²) in [5.41, 5.74) is 1.59. The van der Waals surface area contributed by atoms with E-state index in [1.54, 1.807) is 12.1 Å². The molecule has 1 N–H and O–H groups in total. The Kier molecular flexibility index (Phi) is 5.58.